The Morgan fingerprint density at radius 2 is 2.09 bits per heavy atom. The molecule has 2 saturated heterocycles. The summed E-state index contributed by atoms with van der Waals surface area (Å²) in [5.41, 5.74) is 0.734. The van der Waals surface area contributed by atoms with E-state index in [0.717, 1.165) is 29.5 Å². The van der Waals surface area contributed by atoms with Crippen molar-refractivity contribution in [3.8, 4) is 0 Å². The first-order valence-corrected chi connectivity index (χ1v) is 8.43. The lowest BCUT2D eigenvalue weighted by Gasteiger charge is -2.35. The van der Waals surface area contributed by atoms with E-state index in [1.807, 2.05) is 42.5 Å². The summed E-state index contributed by atoms with van der Waals surface area (Å²) in [4.78, 5) is 15.0. The minimum Gasteiger partial charge on any atom is -0.373 e. The number of morpholine rings is 1. The molecule has 1 N–H and O–H groups in total. The van der Waals surface area contributed by atoms with Gasteiger partial charge in [0.2, 0.25) is 0 Å². The van der Waals surface area contributed by atoms with Crippen molar-refractivity contribution >= 4 is 16.7 Å². The zero-order valence-electron chi connectivity index (χ0n) is 13.2. The standard InChI is InChI=1S/C19H22N2O2/c22-19(18-9-3-6-14-5-1-2-8-17(14)18)20-11-16-12-21-10-4-7-15(21)13-23-16/h1-3,5-6,8-9,15-16H,4,7,10-13H2,(H,20,22)/t15-,16+/m1/s1. The number of hydrogen-bond donors (Lipinski definition) is 1. The van der Waals surface area contributed by atoms with Crippen molar-refractivity contribution in [1.29, 1.82) is 0 Å². The summed E-state index contributed by atoms with van der Waals surface area (Å²) in [5.74, 6) is -0.0195. The zero-order valence-corrected chi connectivity index (χ0v) is 13.2. The monoisotopic (exact) mass is 310 g/mol. The molecule has 2 heterocycles. The van der Waals surface area contributed by atoms with Crippen molar-refractivity contribution in [3.63, 3.8) is 0 Å². The highest BCUT2D eigenvalue weighted by Gasteiger charge is 2.32. The van der Waals surface area contributed by atoms with E-state index in [1.165, 1.54) is 19.4 Å². The average Bonchev–Trinajstić information content (AvgIpc) is 3.07. The number of amides is 1. The number of carbonyl (C=O) groups excluding carboxylic acids is 1. The molecular formula is C19H22N2O2. The molecule has 2 aromatic carbocycles. The SMILES string of the molecule is O=C(NC[C@H]1CN2CCC[C@@H]2CO1)c1cccc2ccccc12. The molecule has 1 amide bonds. The number of hydrogen-bond acceptors (Lipinski definition) is 3. The molecular weight excluding hydrogens is 288 g/mol. The van der Waals surface area contributed by atoms with Gasteiger partial charge in [0.05, 0.1) is 12.7 Å². The number of carbonyl (C=O) groups is 1. The number of nitrogens with one attached hydrogen (secondary N) is 1. The largest absolute Gasteiger partial charge is 0.373 e. The van der Waals surface area contributed by atoms with E-state index in [1.54, 1.807) is 0 Å². The molecule has 2 fully saturated rings. The van der Waals surface area contributed by atoms with Crippen molar-refractivity contribution < 1.29 is 9.53 Å². The highest BCUT2D eigenvalue weighted by molar-refractivity contribution is 6.06. The molecule has 2 aromatic rings. The van der Waals surface area contributed by atoms with Crippen LogP contribution in [0.2, 0.25) is 0 Å². The maximum atomic E-state index is 12.5. The highest BCUT2D eigenvalue weighted by Crippen LogP contribution is 2.22. The van der Waals surface area contributed by atoms with Gasteiger partial charge in [-0.25, -0.2) is 0 Å². The van der Waals surface area contributed by atoms with E-state index >= 15 is 0 Å². The van der Waals surface area contributed by atoms with Gasteiger partial charge in [-0.3, -0.25) is 9.69 Å². The second-order valence-corrected chi connectivity index (χ2v) is 6.48. The quantitative estimate of drug-likeness (QED) is 0.947. The molecule has 4 heteroatoms. The van der Waals surface area contributed by atoms with E-state index in [9.17, 15) is 4.79 Å². The summed E-state index contributed by atoms with van der Waals surface area (Å²) < 4.78 is 5.91. The second-order valence-electron chi connectivity index (χ2n) is 6.48. The van der Waals surface area contributed by atoms with E-state index in [0.29, 0.717) is 12.6 Å². The van der Waals surface area contributed by atoms with Crippen LogP contribution in [0, 0.1) is 0 Å². The Morgan fingerprint density at radius 3 is 3.04 bits per heavy atom. The Bertz CT molecular complexity index is 710. The number of fused-ring (bicyclic) bond motifs is 2. The van der Waals surface area contributed by atoms with Gasteiger partial charge in [-0.2, -0.15) is 0 Å². The first-order valence-electron chi connectivity index (χ1n) is 8.43. The molecule has 0 saturated carbocycles. The van der Waals surface area contributed by atoms with Gasteiger partial charge >= 0.3 is 0 Å². The number of benzene rings is 2. The summed E-state index contributed by atoms with van der Waals surface area (Å²) in [6.45, 7) is 3.47. The topological polar surface area (TPSA) is 41.6 Å². The molecule has 2 aliphatic rings. The van der Waals surface area contributed by atoms with E-state index in [4.69, 9.17) is 4.74 Å². The van der Waals surface area contributed by atoms with Crippen LogP contribution in [0.15, 0.2) is 42.5 Å². The third-order valence-corrected chi connectivity index (χ3v) is 4.99. The van der Waals surface area contributed by atoms with Crippen molar-refractivity contribution in [2.24, 2.45) is 0 Å². The molecule has 0 aromatic heterocycles. The van der Waals surface area contributed by atoms with Crippen LogP contribution in [0.4, 0.5) is 0 Å². The summed E-state index contributed by atoms with van der Waals surface area (Å²) in [6, 6.07) is 14.4. The van der Waals surface area contributed by atoms with E-state index < -0.39 is 0 Å². The molecule has 120 valence electrons. The predicted octanol–water partition coefficient (Wildman–Crippen LogP) is 2.43. The van der Waals surface area contributed by atoms with Crippen LogP contribution in [-0.2, 0) is 4.74 Å². The lowest BCUT2D eigenvalue weighted by Crippen LogP contribution is -2.50. The molecule has 4 rings (SSSR count). The Labute approximate surface area is 136 Å². The Balaban J connectivity index is 1.41. The first-order chi connectivity index (χ1) is 11.3. The summed E-state index contributed by atoms with van der Waals surface area (Å²) in [6.07, 6.45) is 2.61. The van der Waals surface area contributed by atoms with Gasteiger partial charge in [-0.05, 0) is 36.2 Å². The Hall–Kier alpha value is -1.91. The van der Waals surface area contributed by atoms with Crippen LogP contribution in [-0.4, -0.2) is 49.2 Å². The maximum Gasteiger partial charge on any atom is 0.252 e. The summed E-state index contributed by atoms with van der Waals surface area (Å²) in [7, 11) is 0. The lowest BCUT2D eigenvalue weighted by atomic mass is 10.0. The molecule has 2 atom stereocenters. The van der Waals surface area contributed by atoms with Gasteiger partial charge < -0.3 is 10.1 Å². The molecule has 0 bridgehead atoms. The van der Waals surface area contributed by atoms with Gasteiger partial charge in [0.15, 0.2) is 0 Å². The third-order valence-electron chi connectivity index (χ3n) is 4.99. The van der Waals surface area contributed by atoms with E-state index in [-0.39, 0.29) is 12.0 Å². The number of ether oxygens (including phenoxy) is 1. The first kappa shape index (κ1) is 14.7. The minimum absolute atomic E-state index is 0.0195. The minimum atomic E-state index is -0.0195. The van der Waals surface area contributed by atoms with Crippen molar-refractivity contribution in [2.45, 2.75) is 25.0 Å². The molecule has 0 spiro atoms. The van der Waals surface area contributed by atoms with Crippen LogP contribution < -0.4 is 5.32 Å². The fraction of sp³-hybridized carbons (Fsp3) is 0.421. The molecule has 4 nitrogen and oxygen atoms in total. The lowest BCUT2D eigenvalue weighted by molar-refractivity contribution is -0.0461. The number of rotatable bonds is 3. The van der Waals surface area contributed by atoms with Crippen LogP contribution >= 0.6 is 0 Å². The van der Waals surface area contributed by atoms with Crippen LogP contribution in [0.1, 0.15) is 23.2 Å². The summed E-state index contributed by atoms with van der Waals surface area (Å²) in [5, 5.41) is 5.14. The molecule has 23 heavy (non-hydrogen) atoms. The Morgan fingerprint density at radius 1 is 1.22 bits per heavy atom. The summed E-state index contributed by atoms with van der Waals surface area (Å²) >= 11 is 0. The van der Waals surface area contributed by atoms with Crippen LogP contribution in [0.25, 0.3) is 10.8 Å². The number of nitrogens with zero attached hydrogens (tertiary/aromatic N) is 1. The van der Waals surface area contributed by atoms with Crippen molar-refractivity contribution in [2.75, 3.05) is 26.2 Å². The fourth-order valence-electron chi connectivity index (χ4n) is 3.73. The predicted molar refractivity (Wildman–Crippen MR) is 90.6 cm³/mol. The van der Waals surface area contributed by atoms with Crippen LogP contribution in [0.3, 0.4) is 0 Å². The highest BCUT2D eigenvalue weighted by atomic mass is 16.5. The zero-order chi connectivity index (χ0) is 15.6. The molecule has 0 aliphatic carbocycles. The van der Waals surface area contributed by atoms with Gasteiger partial charge in [-0.15, -0.1) is 0 Å². The third kappa shape index (κ3) is 2.96. The second kappa shape index (κ2) is 6.30. The Kier molecular flexibility index (Phi) is 4.02. The molecule has 2 aliphatic heterocycles. The van der Waals surface area contributed by atoms with Crippen LogP contribution in [0.5, 0.6) is 0 Å². The van der Waals surface area contributed by atoms with Crippen molar-refractivity contribution in [1.82, 2.24) is 10.2 Å². The smallest absolute Gasteiger partial charge is 0.252 e. The normalized spacial score (nSPS) is 24.5. The van der Waals surface area contributed by atoms with E-state index in [2.05, 4.69) is 10.2 Å². The average molecular weight is 310 g/mol. The molecule has 0 radical (unpaired) electrons. The van der Waals surface area contributed by atoms with Gasteiger partial charge in [0.25, 0.3) is 5.91 Å². The van der Waals surface area contributed by atoms with Gasteiger partial charge in [0, 0.05) is 24.7 Å². The maximum absolute atomic E-state index is 12.5. The van der Waals surface area contributed by atoms with Gasteiger partial charge in [0.1, 0.15) is 0 Å². The fourth-order valence-corrected chi connectivity index (χ4v) is 3.73. The molecule has 0 unspecified atom stereocenters. The van der Waals surface area contributed by atoms with Crippen molar-refractivity contribution in [3.05, 3.63) is 48.0 Å². The van der Waals surface area contributed by atoms with Gasteiger partial charge in [-0.1, -0.05) is 36.4 Å².